The lowest BCUT2D eigenvalue weighted by Crippen LogP contribution is -2.38. The van der Waals surface area contributed by atoms with Gasteiger partial charge in [0.1, 0.15) is 0 Å². The molecule has 21 heavy (non-hydrogen) atoms. The minimum Gasteiger partial charge on any atom is -0.478 e. The van der Waals surface area contributed by atoms with Crippen LogP contribution in [0.1, 0.15) is 17.3 Å². The fraction of sp³-hybridized carbons (Fsp3) is 0.333. The van der Waals surface area contributed by atoms with Crippen molar-refractivity contribution in [1.82, 2.24) is 9.62 Å². The fourth-order valence-electron chi connectivity index (χ4n) is 1.54. The first kappa shape index (κ1) is 17.6. The number of benzene rings is 1. The Hall–Kier alpha value is -1.45. The third kappa shape index (κ3) is 4.26. The van der Waals surface area contributed by atoms with Crippen LogP contribution >= 0.6 is 15.9 Å². The molecule has 0 fully saturated rings. The molecule has 1 rings (SSSR count). The Morgan fingerprint density at radius 1 is 1.38 bits per heavy atom. The highest BCUT2D eigenvalue weighted by atomic mass is 79.9. The number of rotatable bonds is 6. The monoisotopic (exact) mass is 378 g/mol. The van der Waals surface area contributed by atoms with Crippen LogP contribution in [0.15, 0.2) is 27.6 Å². The van der Waals surface area contributed by atoms with Crippen molar-refractivity contribution in [2.24, 2.45) is 0 Å². The standard InChI is InChI=1S/C12H15BrN2O5S/c1-3-14-11(16)7-15(2)21(19,20)10-6-8(12(17)18)4-5-9(10)13/h4-6H,3,7H2,1-2H3,(H,14,16)(H,17,18). The Labute approximate surface area is 131 Å². The highest BCUT2D eigenvalue weighted by Gasteiger charge is 2.26. The molecule has 0 saturated carbocycles. The number of hydrogen-bond acceptors (Lipinski definition) is 4. The summed E-state index contributed by atoms with van der Waals surface area (Å²) in [7, 11) is -2.72. The van der Waals surface area contributed by atoms with E-state index in [0.29, 0.717) is 6.54 Å². The molecule has 0 unspecified atom stereocenters. The van der Waals surface area contributed by atoms with Gasteiger partial charge in [0.2, 0.25) is 15.9 Å². The van der Waals surface area contributed by atoms with Crippen molar-refractivity contribution < 1.29 is 23.1 Å². The SMILES string of the molecule is CCNC(=O)CN(C)S(=O)(=O)c1cc(C(=O)O)ccc1Br. The zero-order chi connectivity index (χ0) is 16.2. The number of hydrogen-bond donors (Lipinski definition) is 2. The van der Waals surface area contributed by atoms with Crippen molar-refractivity contribution in [3.8, 4) is 0 Å². The molecule has 116 valence electrons. The third-order valence-corrected chi connectivity index (χ3v) is 5.40. The largest absolute Gasteiger partial charge is 0.478 e. The number of nitrogens with zero attached hydrogens (tertiary/aromatic N) is 1. The van der Waals surface area contributed by atoms with Gasteiger partial charge in [-0.05, 0) is 41.1 Å². The van der Waals surface area contributed by atoms with E-state index in [1.165, 1.54) is 19.2 Å². The lowest BCUT2D eigenvalue weighted by atomic mass is 10.2. The molecule has 0 bridgehead atoms. The van der Waals surface area contributed by atoms with Crippen molar-refractivity contribution in [3.63, 3.8) is 0 Å². The average molecular weight is 379 g/mol. The summed E-state index contributed by atoms with van der Waals surface area (Å²) in [5, 5.41) is 11.4. The summed E-state index contributed by atoms with van der Waals surface area (Å²) in [6, 6.07) is 3.68. The van der Waals surface area contributed by atoms with Crippen LogP contribution in [-0.2, 0) is 14.8 Å². The van der Waals surface area contributed by atoms with Crippen molar-refractivity contribution >= 4 is 37.8 Å². The molecule has 0 aromatic heterocycles. The molecule has 0 radical (unpaired) electrons. The van der Waals surface area contributed by atoms with Crippen molar-refractivity contribution in [1.29, 1.82) is 0 Å². The predicted octanol–water partition coefficient (Wildman–Crippen LogP) is 0.904. The van der Waals surface area contributed by atoms with Gasteiger partial charge in [0.05, 0.1) is 17.0 Å². The minimum absolute atomic E-state index is 0.150. The van der Waals surface area contributed by atoms with E-state index in [4.69, 9.17) is 5.11 Å². The molecule has 0 saturated heterocycles. The van der Waals surface area contributed by atoms with E-state index < -0.39 is 21.9 Å². The number of sulfonamides is 1. The van der Waals surface area contributed by atoms with Crippen molar-refractivity contribution in [2.45, 2.75) is 11.8 Å². The van der Waals surface area contributed by atoms with Gasteiger partial charge in [-0.25, -0.2) is 13.2 Å². The van der Waals surface area contributed by atoms with Crippen molar-refractivity contribution in [2.75, 3.05) is 20.1 Å². The first-order valence-electron chi connectivity index (χ1n) is 5.96. The van der Waals surface area contributed by atoms with E-state index in [9.17, 15) is 18.0 Å². The van der Waals surface area contributed by atoms with Crippen molar-refractivity contribution in [3.05, 3.63) is 28.2 Å². The van der Waals surface area contributed by atoms with E-state index in [2.05, 4.69) is 21.2 Å². The molecular weight excluding hydrogens is 364 g/mol. The van der Waals surface area contributed by atoms with Crippen LogP contribution < -0.4 is 5.32 Å². The van der Waals surface area contributed by atoms with Crippen LogP contribution in [0.5, 0.6) is 0 Å². The number of carboxylic acids is 1. The summed E-state index contributed by atoms with van der Waals surface area (Å²) in [5.74, 6) is -1.67. The second-order valence-electron chi connectivity index (χ2n) is 4.16. The Balaban J connectivity index is 3.15. The van der Waals surface area contributed by atoms with Gasteiger partial charge in [0.15, 0.2) is 0 Å². The van der Waals surface area contributed by atoms with Gasteiger partial charge in [0.25, 0.3) is 0 Å². The molecule has 0 heterocycles. The predicted molar refractivity (Wildman–Crippen MR) is 79.6 cm³/mol. The maximum absolute atomic E-state index is 12.4. The molecule has 0 aliphatic rings. The number of likely N-dealkylation sites (N-methyl/N-ethyl adjacent to an activating group) is 2. The van der Waals surface area contributed by atoms with Gasteiger partial charge in [0, 0.05) is 18.1 Å². The van der Waals surface area contributed by atoms with Gasteiger partial charge >= 0.3 is 5.97 Å². The Kier molecular flexibility index (Phi) is 5.87. The lowest BCUT2D eigenvalue weighted by molar-refractivity contribution is -0.121. The number of carbonyl (C=O) groups is 2. The zero-order valence-corrected chi connectivity index (χ0v) is 13.9. The van der Waals surface area contributed by atoms with Gasteiger partial charge in [-0.15, -0.1) is 0 Å². The molecule has 2 N–H and O–H groups in total. The van der Waals surface area contributed by atoms with Gasteiger partial charge in [-0.2, -0.15) is 4.31 Å². The van der Waals surface area contributed by atoms with Crippen LogP contribution in [0.25, 0.3) is 0 Å². The molecular formula is C12H15BrN2O5S. The Morgan fingerprint density at radius 3 is 2.52 bits per heavy atom. The highest BCUT2D eigenvalue weighted by molar-refractivity contribution is 9.10. The summed E-state index contributed by atoms with van der Waals surface area (Å²) >= 11 is 3.08. The number of carboxylic acid groups (broad SMARTS) is 1. The normalized spacial score (nSPS) is 11.4. The summed E-state index contributed by atoms with van der Waals surface area (Å²) in [5.41, 5.74) is -0.150. The average Bonchev–Trinajstić information content (AvgIpc) is 2.38. The van der Waals surface area contributed by atoms with Gasteiger partial charge in [-0.3, -0.25) is 4.79 Å². The molecule has 0 spiro atoms. The summed E-state index contributed by atoms with van der Waals surface area (Å²) < 4.78 is 25.9. The number of amides is 1. The smallest absolute Gasteiger partial charge is 0.335 e. The maximum Gasteiger partial charge on any atom is 0.335 e. The van der Waals surface area contributed by atoms with Crippen LogP contribution in [0.2, 0.25) is 0 Å². The van der Waals surface area contributed by atoms with E-state index in [1.807, 2.05) is 0 Å². The molecule has 1 aromatic rings. The molecule has 0 aliphatic carbocycles. The number of nitrogens with one attached hydrogen (secondary N) is 1. The first-order chi connectivity index (χ1) is 9.70. The summed E-state index contributed by atoms with van der Waals surface area (Å²) in [6.45, 7) is 1.77. The zero-order valence-electron chi connectivity index (χ0n) is 11.5. The quantitative estimate of drug-likeness (QED) is 0.765. The van der Waals surface area contributed by atoms with E-state index in [1.54, 1.807) is 6.92 Å². The van der Waals surface area contributed by atoms with Crippen LogP contribution in [-0.4, -0.2) is 49.8 Å². The van der Waals surface area contributed by atoms with Crippen LogP contribution in [0.3, 0.4) is 0 Å². The minimum atomic E-state index is -3.98. The lowest BCUT2D eigenvalue weighted by Gasteiger charge is -2.17. The first-order valence-corrected chi connectivity index (χ1v) is 8.19. The third-order valence-electron chi connectivity index (χ3n) is 2.61. The molecule has 7 nitrogen and oxygen atoms in total. The number of aromatic carboxylic acids is 1. The van der Waals surface area contributed by atoms with Gasteiger partial charge in [-0.1, -0.05) is 0 Å². The maximum atomic E-state index is 12.4. The summed E-state index contributed by atoms with van der Waals surface area (Å²) in [4.78, 5) is 22.2. The van der Waals surface area contributed by atoms with Crippen LogP contribution in [0, 0.1) is 0 Å². The van der Waals surface area contributed by atoms with E-state index in [0.717, 1.165) is 10.4 Å². The summed E-state index contributed by atoms with van der Waals surface area (Å²) in [6.07, 6.45) is 0. The molecule has 1 aromatic carbocycles. The number of carbonyl (C=O) groups excluding carboxylic acids is 1. The molecule has 0 aliphatic heterocycles. The highest BCUT2D eigenvalue weighted by Crippen LogP contribution is 2.25. The second-order valence-corrected chi connectivity index (χ2v) is 7.03. The number of halogens is 1. The van der Waals surface area contributed by atoms with Gasteiger partial charge < -0.3 is 10.4 Å². The van der Waals surface area contributed by atoms with E-state index >= 15 is 0 Å². The molecule has 9 heteroatoms. The topological polar surface area (TPSA) is 104 Å². The Bertz CT molecular complexity index is 660. The fourth-order valence-corrected chi connectivity index (χ4v) is 3.62. The second kappa shape index (κ2) is 7.01. The molecule has 1 amide bonds. The van der Waals surface area contributed by atoms with E-state index in [-0.39, 0.29) is 21.5 Å². The van der Waals surface area contributed by atoms with Crippen LogP contribution in [0.4, 0.5) is 0 Å². The molecule has 0 atom stereocenters. The Morgan fingerprint density at radius 2 is 2.00 bits per heavy atom.